The van der Waals surface area contributed by atoms with Gasteiger partial charge in [-0.05, 0) is 176 Å². The molecule has 0 nitrogen and oxygen atoms in total. The maximum Gasteiger partial charge on any atom is -0.00203 e. The van der Waals surface area contributed by atoms with Gasteiger partial charge in [0.05, 0.1) is 0 Å². The fourth-order valence-corrected chi connectivity index (χ4v) is 12.9. The fourth-order valence-electron chi connectivity index (χ4n) is 12.9. The molecule has 0 unspecified atom stereocenters. The standard InChI is InChI=1S/C76H46/c1-3-17-61-49(9-1)11-7-19-65(61)67-39-31-55-33-41-69-63(37-29-53-35-43-71(67)75(55)73(53)69)51-25-21-47(22-26-51)57-13-5-15-59(45-57)60-16-6-14-58(46-60)48-23-27-52(28-24-48)64-38-30-54-36-44-72-68(40-32-56-34-42-70(64)74(54)76(56)72)66-20-8-12-50-10-2-4-18-62(50)66/h1-46H. The molecule has 0 aliphatic carbocycles. The van der Waals surface area contributed by atoms with Crippen molar-refractivity contribution in [3.05, 3.63) is 279 Å². The van der Waals surface area contributed by atoms with Gasteiger partial charge in [0.15, 0.2) is 0 Å². The zero-order chi connectivity index (χ0) is 49.8. The molecule has 350 valence electrons. The Morgan fingerprint density at radius 1 is 0.132 bits per heavy atom. The van der Waals surface area contributed by atoms with E-state index in [1.165, 1.54) is 164 Å². The zero-order valence-corrected chi connectivity index (χ0v) is 41.6. The summed E-state index contributed by atoms with van der Waals surface area (Å²) in [7, 11) is 0. The van der Waals surface area contributed by atoms with Gasteiger partial charge in [-0.3, -0.25) is 0 Å². The molecule has 0 N–H and O–H groups in total. The Balaban J connectivity index is 0.697. The van der Waals surface area contributed by atoms with Crippen molar-refractivity contribution in [1.82, 2.24) is 0 Å². The normalized spacial score (nSPS) is 11.9. The van der Waals surface area contributed by atoms with Gasteiger partial charge in [-0.15, -0.1) is 0 Å². The van der Waals surface area contributed by atoms with Crippen LogP contribution in [0.1, 0.15) is 0 Å². The average Bonchev–Trinajstić information content (AvgIpc) is 3.57. The van der Waals surface area contributed by atoms with Crippen molar-refractivity contribution in [3.8, 4) is 77.9 Å². The Kier molecular flexibility index (Phi) is 9.44. The Morgan fingerprint density at radius 3 is 0.803 bits per heavy atom. The Bertz CT molecular complexity index is 4630. The number of hydrogen-bond donors (Lipinski definition) is 0. The first kappa shape index (κ1) is 42.6. The van der Waals surface area contributed by atoms with E-state index >= 15 is 0 Å². The highest BCUT2D eigenvalue weighted by molar-refractivity contribution is 6.29. The molecule has 0 bridgehead atoms. The highest BCUT2D eigenvalue weighted by Crippen LogP contribution is 2.46. The minimum atomic E-state index is 1.20. The van der Waals surface area contributed by atoms with Crippen LogP contribution in [0.15, 0.2) is 279 Å². The maximum absolute atomic E-state index is 2.33. The molecule has 0 spiro atoms. The molecule has 0 saturated carbocycles. The minimum Gasteiger partial charge on any atom is -0.0616 e. The second kappa shape index (κ2) is 16.8. The molecule has 0 fully saturated rings. The van der Waals surface area contributed by atoms with E-state index in [9.17, 15) is 0 Å². The molecule has 0 atom stereocenters. The summed E-state index contributed by atoms with van der Waals surface area (Å²) in [5.74, 6) is 0. The predicted octanol–water partition coefficient (Wildman–Crippen LogP) is 21.5. The number of benzene rings is 16. The van der Waals surface area contributed by atoms with Crippen LogP contribution in [0.2, 0.25) is 0 Å². The summed E-state index contributed by atoms with van der Waals surface area (Å²) in [6.07, 6.45) is 0. The van der Waals surface area contributed by atoms with E-state index in [1.54, 1.807) is 0 Å². The Labute approximate surface area is 440 Å². The van der Waals surface area contributed by atoms with Gasteiger partial charge in [0.25, 0.3) is 0 Å². The summed E-state index contributed by atoms with van der Waals surface area (Å²) in [5, 5.41) is 20.7. The van der Waals surface area contributed by atoms with E-state index in [0.29, 0.717) is 0 Å². The Hall–Kier alpha value is -9.88. The lowest BCUT2D eigenvalue weighted by atomic mass is 9.86. The molecule has 16 aromatic rings. The molecule has 0 aliphatic rings. The Morgan fingerprint density at radius 2 is 0.408 bits per heavy atom. The van der Waals surface area contributed by atoms with Crippen LogP contribution in [0.25, 0.3) is 164 Å². The van der Waals surface area contributed by atoms with Crippen molar-refractivity contribution in [3.63, 3.8) is 0 Å². The summed E-state index contributed by atoms with van der Waals surface area (Å²) < 4.78 is 0. The molecule has 0 amide bonds. The lowest BCUT2D eigenvalue weighted by Crippen LogP contribution is -1.90. The molecule has 0 aliphatic heterocycles. The minimum absolute atomic E-state index is 1.20. The van der Waals surface area contributed by atoms with Gasteiger partial charge < -0.3 is 0 Å². The van der Waals surface area contributed by atoms with Gasteiger partial charge >= 0.3 is 0 Å². The summed E-state index contributed by atoms with van der Waals surface area (Å²) in [5.41, 5.74) is 17.3. The summed E-state index contributed by atoms with van der Waals surface area (Å²) in [6.45, 7) is 0. The van der Waals surface area contributed by atoms with Crippen LogP contribution in [-0.4, -0.2) is 0 Å². The zero-order valence-electron chi connectivity index (χ0n) is 41.6. The third kappa shape index (κ3) is 6.64. The van der Waals surface area contributed by atoms with Crippen molar-refractivity contribution in [2.45, 2.75) is 0 Å². The van der Waals surface area contributed by atoms with E-state index < -0.39 is 0 Å². The SMILES string of the molecule is c1cc(-c2ccc(-c3ccc4ccc5c(-c6cccc7ccccc67)ccc6ccc3c4c65)cc2)cc(-c2cccc(-c3ccc(-c4ccc5ccc6c(-c7cccc8ccccc78)ccc7ccc4c5c76)cc3)c2)c1. The molecular weight excluding hydrogens is 913 g/mol. The molecule has 16 aromatic carbocycles. The largest absolute Gasteiger partial charge is 0.0616 e. The highest BCUT2D eigenvalue weighted by Gasteiger charge is 2.19. The molecule has 0 aromatic heterocycles. The average molecular weight is 959 g/mol. The van der Waals surface area contributed by atoms with E-state index in [2.05, 4.69) is 279 Å². The van der Waals surface area contributed by atoms with Gasteiger partial charge in [-0.1, -0.05) is 267 Å². The summed E-state index contributed by atoms with van der Waals surface area (Å²) in [4.78, 5) is 0. The lowest BCUT2D eigenvalue weighted by Gasteiger charge is -2.17. The summed E-state index contributed by atoms with van der Waals surface area (Å²) in [6, 6.07) is 104. The number of rotatable bonds is 7. The van der Waals surface area contributed by atoms with Gasteiger partial charge in [-0.2, -0.15) is 0 Å². The molecular formula is C76H46. The van der Waals surface area contributed by atoms with Crippen molar-refractivity contribution in [2.75, 3.05) is 0 Å². The van der Waals surface area contributed by atoms with Gasteiger partial charge in [-0.25, -0.2) is 0 Å². The molecule has 0 heteroatoms. The van der Waals surface area contributed by atoms with Crippen LogP contribution in [0.3, 0.4) is 0 Å². The van der Waals surface area contributed by atoms with Crippen molar-refractivity contribution < 1.29 is 0 Å². The van der Waals surface area contributed by atoms with Crippen LogP contribution >= 0.6 is 0 Å². The molecule has 76 heavy (non-hydrogen) atoms. The first-order valence-electron chi connectivity index (χ1n) is 26.5. The van der Waals surface area contributed by atoms with E-state index in [1.807, 2.05) is 0 Å². The van der Waals surface area contributed by atoms with Gasteiger partial charge in [0.1, 0.15) is 0 Å². The first-order valence-corrected chi connectivity index (χ1v) is 26.5. The predicted molar refractivity (Wildman–Crippen MR) is 327 cm³/mol. The van der Waals surface area contributed by atoms with Crippen LogP contribution in [0.4, 0.5) is 0 Å². The third-order valence-electron chi connectivity index (χ3n) is 16.6. The molecule has 16 rings (SSSR count). The third-order valence-corrected chi connectivity index (χ3v) is 16.6. The van der Waals surface area contributed by atoms with E-state index in [0.717, 1.165) is 0 Å². The number of fused-ring (bicyclic) bond motifs is 2. The number of hydrogen-bond acceptors (Lipinski definition) is 0. The molecule has 0 heterocycles. The van der Waals surface area contributed by atoms with Crippen LogP contribution in [-0.2, 0) is 0 Å². The van der Waals surface area contributed by atoms with Crippen LogP contribution in [0.5, 0.6) is 0 Å². The fraction of sp³-hybridized carbons (Fsp3) is 0. The second-order valence-corrected chi connectivity index (χ2v) is 20.7. The van der Waals surface area contributed by atoms with Crippen LogP contribution in [0, 0.1) is 0 Å². The van der Waals surface area contributed by atoms with Gasteiger partial charge in [0.2, 0.25) is 0 Å². The topological polar surface area (TPSA) is 0 Å². The second-order valence-electron chi connectivity index (χ2n) is 20.7. The quantitative estimate of drug-likeness (QED) is 0.140. The van der Waals surface area contributed by atoms with Crippen molar-refractivity contribution >= 4 is 86.2 Å². The first-order chi connectivity index (χ1) is 37.7. The molecule has 0 saturated heterocycles. The van der Waals surface area contributed by atoms with Crippen molar-refractivity contribution in [2.24, 2.45) is 0 Å². The smallest absolute Gasteiger partial charge is 0.00203 e. The lowest BCUT2D eigenvalue weighted by molar-refractivity contribution is 1.57. The van der Waals surface area contributed by atoms with E-state index in [4.69, 9.17) is 0 Å². The maximum atomic E-state index is 2.33. The highest BCUT2D eigenvalue weighted by atomic mass is 14.2. The summed E-state index contributed by atoms with van der Waals surface area (Å²) >= 11 is 0. The van der Waals surface area contributed by atoms with Crippen LogP contribution < -0.4 is 0 Å². The monoisotopic (exact) mass is 958 g/mol. The van der Waals surface area contributed by atoms with Gasteiger partial charge in [0, 0.05) is 0 Å². The van der Waals surface area contributed by atoms with Crippen molar-refractivity contribution in [1.29, 1.82) is 0 Å². The molecule has 0 radical (unpaired) electrons. The van der Waals surface area contributed by atoms with E-state index in [-0.39, 0.29) is 0 Å².